The highest BCUT2D eigenvalue weighted by molar-refractivity contribution is 9.10. The number of carbonyl (C=O) groups is 1. The topological polar surface area (TPSA) is 51.2 Å². The zero-order valence-corrected chi connectivity index (χ0v) is 12.9. The Bertz CT molecular complexity index is 612. The Morgan fingerprint density at radius 2 is 2.05 bits per heavy atom. The van der Waals surface area contributed by atoms with E-state index in [4.69, 9.17) is 4.74 Å². The van der Waals surface area contributed by atoms with Crippen LogP contribution in [0, 0.1) is 6.92 Å². The highest BCUT2D eigenvalue weighted by atomic mass is 79.9. The second-order valence-corrected chi connectivity index (χ2v) is 5.08. The Morgan fingerprint density at radius 1 is 1.35 bits per heavy atom. The molecular formula is C15H15BrN2O2. The predicted molar refractivity (Wildman–Crippen MR) is 82.2 cm³/mol. The van der Waals surface area contributed by atoms with Crippen molar-refractivity contribution in [2.24, 2.45) is 0 Å². The maximum atomic E-state index is 12.1. The number of nitrogens with one attached hydrogen (secondary N) is 1. The van der Waals surface area contributed by atoms with Gasteiger partial charge in [0.25, 0.3) is 5.91 Å². The molecule has 104 valence electrons. The van der Waals surface area contributed by atoms with Gasteiger partial charge in [0.2, 0.25) is 0 Å². The van der Waals surface area contributed by atoms with Crippen LogP contribution < -0.4 is 10.1 Å². The summed E-state index contributed by atoms with van der Waals surface area (Å²) in [5.41, 5.74) is 1.58. The van der Waals surface area contributed by atoms with Gasteiger partial charge >= 0.3 is 0 Å². The van der Waals surface area contributed by atoms with E-state index >= 15 is 0 Å². The quantitative estimate of drug-likeness (QED) is 0.925. The molecule has 1 aromatic heterocycles. The number of pyridine rings is 1. The molecule has 0 aliphatic heterocycles. The van der Waals surface area contributed by atoms with E-state index in [-0.39, 0.29) is 5.91 Å². The average molecular weight is 335 g/mol. The molecule has 2 rings (SSSR count). The van der Waals surface area contributed by atoms with Gasteiger partial charge in [-0.15, -0.1) is 0 Å². The molecule has 0 unspecified atom stereocenters. The Labute approximate surface area is 126 Å². The number of rotatable bonds is 4. The predicted octanol–water partition coefficient (Wildman–Crippen LogP) is 3.80. The smallest absolute Gasteiger partial charge is 0.256 e. The summed E-state index contributed by atoms with van der Waals surface area (Å²) >= 11 is 3.37. The minimum absolute atomic E-state index is 0.192. The molecular weight excluding hydrogens is 320 g/mol. The van der Waals surface area contributed by atoms with E-state index in [0.29, 0.717) is 18.0 Å². The number of amides is 1. The van der Waals surface area contributed by atoms with Gasteiger partial charge < -0.3 is 10.1 Å². The number of ether oxygens (including phenoxy) is 1. The molecule has 0 atom stereocenters. The number of carbonyl (C=O) groups excluding carboxylic acids is 1. The summed E-state index contributed by atoms with van der Waals surface area (Å²) in [6.07, 6.45) is 1.67. The monoisotopic (exact) mass is 334 g/mol. The number of hydrogen-bond donors (Lipinski definition) is 1. The molecule has 0 aliphatic carbocycles. The van der Waals surface area contributed by atoms with Crippen LogP contribution in [0.4, 0.5) is 5.82 Å². The summed E-state index contributed by atoms with van der Waals surface area (Å²) in [5, 5.41) is 2.77. The van der Waals surface area contributed by atoms with E-state index in [2.05, 4.69) is 26.2 Å². The van der Waals surface area contributed by atoms with Gasteiger partial charge in [0, 0.05) is 16.2 Å². The Kier molecular flexibility index (Phi) is 4.74. The highest BCUT2D eigenvalue weighted by Gasteiger charge is 2.07. The molecule has 4 nitrogen and oxygen atoms in total. The van der Waals surface area contributed by atoms with Crippen LogP contribution in [-0.4, -0.2) is 17.5 Å². The number of nitrogens with zero attached hydrogens (tertiary/aromatic N) is 1. The van der Waals surface area contributed by atoms with Crippen molar-refractivity contribution in [2.45, 2.75) is 13.8 Å². The Hall–Kier alpha value is -1.88. The molecule has 2 aromatic rings. The Morgan fingerprint density at radius 3 is 2.65 bits per heavy atom. The van der Waals surface area contributed by atoms with Crippen LogP contribution in [0.25, 0.3) is 0 Å². The summed E-state index contributed by atoms with van der Waals surface area (Å²) in [7, 11) is 0. The lowest BCUT2D eigenvalue weighted by Crippen LogP contribution is -2.13. The number of anilines is 1. The van der Waals surface area contributed by atoms with Crippen molar-refractivity contribution < 1.29 is 9.53 Å². The van der Waals surface area contributed by atoms with Crippen LogP contribution in [0.3, 0.4) is 0 Å². The lowest BCUT2D eigenvalue weighted by molar-refractivity contribution is 0.102. The molecule has 5 heteroatoms. The first-order valence-electron chi connectivity index (χ1n) is 6.26. The third-order valence-electron chi connectivity index (χ3n) is 2.72. The second kappa shape index (κ2) is 6.52. The zero-order valence-electron chi connectivity index (χ0n) is 11.3. The molecule has 0 radical (unpaired) electrons. The molecule has 20 heavy (non-hydrogen) atoms. The lowest BCUT2D eigenvalue weighted by atomic mass is 10.2. The molecule has 0 aliphatic rings. The maximum absolute atomic E-state index is 12.1. The summed E-state index contributed by atoms with van der Waals surface area (Å²) < 4.78 is 6.25. The molecule has 0 saturated carbocycles. The molecule has 1 aromatic carbocycles. The van der Waals surface area contributed by atoms with E-state index in [1.165, 1.54) is 0 Å². The molecule has 1 heterocycles. The second-order valence-electron chi connectivity index (χ2n) is 4.23. The van der Waals surface area contributed by atoms with E-state index in [0.717, 1.165) is 15.8 Å². The van der Waals surface area contributed by atoms with Gasteiger partial charge in [0.1, 0.15) is 11.6 Å². The minimum atomic E-state index is -0.192. The van der Waals surface area contributed by atoms with Crippen LogP contribution >= 0.6 is 15.9 Å². The van der Waals surface area contributed by atoms with E-state index < -0.39 is 0 Å². The van der Waals surface area contributed by atoms with Crippen molar-refractivity contribution in [3.63, 3.8) is 0 Å². The van der Waals surface area contributed by atoms with Crippen LogP contribution in [0.5, 0.6) is 5.75 Å². The minimum Gasteiger partial charge on any atom is -0.494 e. The summed E-state index contributed by atoms with van der Waals surface area (Å²) in [6.45, 7) is 4.47. The maximum Gasteiger partial charge on any atom is 0.256 e. The lowest BCUT2D eigenvalue weighted by Gasteiger charge is -2.07. The summed E-state index contributed by atoms with van der Waals surface area (Å²) in [4.78, 5) is 16.2. The number of benzene rings is 1. The largest absolute Gasteiger partial charge is 0.494 e. The van der Waals surface area contributed by atoms with Gasteiger partial charge in [-0.1, -0.05) is 0 Å². The third kappa shape index (κ3) is 3.57. The first kappa shape index (κ1) is 14.5. The molecule has 1 amide bonds. The fourth-order valence-electron chi connectivity index (χ4n) is 1.67. The van der Waals surface area contributed by atoms with E-state index in [1.54, 1.807) is 30.5 Å². The van der Waals surface area contributed by atoms with Gasteiger partial charge in [-0.2, -0.15) is 0 Å². The summed E-state index contributed by atoms with van der Waals surface area (Å²) in [5.74, 6) is 1.09. The number of hydrogen-bond acceptors (Lipinski definition) is 3. The van der Waals surface area contributed by atoms with Crippen LogP contribution in [0.2, 0.25) is 0 Å². The van der Waals surface area contributed by atoms with Crippen molar-refractivity contribution in [3.8, 4) is 5.75 Å². The first-order valence-corrected chi connectivity index (χ1v) is 7.06. The van der Waals surface area contributed by atoms with E-state index in [9.17, 15) is 4.79 Å². The van der Waals surface area contributed by atoms with Crippen molar-refractivity contribution in [1.82, 2.24) is 4.98 Å². The summed E-state index contributed by atoms with van der Waals surface area (Å²) in [6, 6.07) is 8.83. The van der Waals surface area contributed by atoms with Crippen molar-refractivity contribution >= 4 is 27.7 Å². The molecule has 0 spiro atoms. The van der Waals surface area contributed by atoms with Gasteiger partial charge in [-0.05, 0) is 65.7 Å². The Balaban J connectivity index is 2.09. The van der Waals surface area contributed by atoms with Gasteiger partial charge in [0.05, 0.1) is 6.61 Å². The van der Waals surface area contributed by atoms with Gasteiger partial charge in [-0.3, -0.25) is 4.79 Å². The SMILES string of the molecule is CCOc1ccc(C(=O)Nc2cc(C)c(Br)cn2)cc1. The fraction of sp³-hybridized carbons (Fsp3) is 0.200. The van der Waals surface area contributed by atoms with Crippen molar-refractivity contribution in [3.05, 3.63) is 52.1 Å². The van der Waals surface area contributed by atoms with Gasteiger partial charge in [0.15, 0.2) is 0 Å². The van der Waals surface area contributed by atoms with Crippen LogP contribution in [-0.2, 0) is 0 Å². The van der Waals surface area contributed by atoms with Crippen LogP contribution in [0.1, 0.15) is 22.8 Å². The number of halogens is 1. The van der Waals surface area contributed by atoms with E-state index in [1.807, 2.05) is 19.9 Å². The van der Waals surface area contributed by atoms with Gasteiger partial charge in [-0.25, -0.2) is 4.98 Å². The first-order chi connectivity index (χ1) is 9.60. The molecule has 1 N–H and O–H groups in total. The molecule has 0 bridgehead atoms. The molecule has 0 saturated heterocycles. The normalized spacial score (nSPS) is 10.2. The highest BCUT2D eigenvalue weighted by Crippen LogP contribution is 2.18. The zero-order chi connectivity index (χ0) is 14.5. The standard InChI is InChI=1S/C15H15BrN2O2/c1-3-20-12-6-4-11(5-7-12)15(19)18-14-8-10(2)13(16)9-17-14/h4-9H,3H2,1-2H3,(H,17,18,19). The third-order valence-corrected chi connectivity index (χ3v) is 3.55. The fourth-order valence-corrected chi connectivity index (χ4v) is 1.88. The van der Waals surface area contributed by atoms with Crippen molar-refractivity contribution in [2.75, 3.05) is 11.9 Å². The number of aromatic nitrogens is 1. The number of aryl methyl sites for hydroxylation is 1. The molecule has 0 fully saturated rings. The average Bonchev–Trinajstić information content (AvgIpc) is 2.44. The van der Waals surface area contributed by atoms with Crippen LogP contribution in [0.15, 0.2) is 41.0 Å². The van der Waals surface area contributed by atoms with Crippen molar-refractivity contribution in [1.29, 1.82) is 0 Å².